The van der Waals surface area contributed by atoms with Crippen LogP contribution in [0.4, 0.5) is 11.8 Å². The fourth-order valence-corrected chi connectivity index (χ4v) is 1.78. The van der Waals surface area contributed by atoms with Crippen LogP contribution in [0, 0.1) is 12.8 Å². The Balaban J connectivity index is 2.17. The zero-order valence-electron chi connectivity index (χ0n) is 9.90. The molecule has 5 heteroatoms. The summed E-state index contributed by atoms with van der Waals surface area (Å²) in [5.41, 5.74) is 3.44. The van der Waals surface area contributed by atoms with Gasteiger partial charge in [0.05, 0.1) is 0 Å². The number of aryl methyl sites for hydroxylation is 1. The van der Waals surface area contributed by atoms with Crippen LogP contribution < -0.4 is 16.2 Å². The maximum absolute atomic E-state index is 5.35. The molecule has 1 aromatic heterocycles. The molecule has 0 amide bonds. The normalized spacial score (nSPS) is 14.9. The Morgan fingerprint density at radius 2 is 2.25 bits per heavy atom. The van der Waals surface area contributed by atoms with Crippen molar-refractivity contribution in [3.05, 3.63) is 11.8 Å². The molecule has 0 unspecified atom stereocenters. The van der Waals surface area contributed by atoms with Gasteiger partial charge in [0, 0.05) is 24.8 Å². The van der Waals surface area contributed by atoms with Crippen molar-refractivity contribution in [1.82, 2.24) is 9.97 Å². The molecule has 1 aromatic rings. The summed E-state index contributed by atoms with van der Waals surface area (Å²) < 4.78 is 0. The quantitative estimate of drug-likeness (QED) is 0.579. The van der Waals surface area contributed by atoms with Crippen molar-refractivity contribution in [3.8, 4) is 0 Å². The first-order valence-electron chi connectivity index (χ1n) is 5.80. The van der Waals surface area contributed by atoms with Crippen molar-refractivity contribution >= 4 is 11.8 Å². The van der Waals surface area contributed by atoms with Gasteiger partial charge < -0.3 is 4.90 Å². The molecule has 0 saturated heterocycles. The Bertz CT molecular complexity index is 361. The van der Waals surface area contributed by atoms with Crippen LogP contribution in [0.3, 0.4) is 0 Å². The zero-order valence-corrected chi connectivity index (χ0v) is 9.90. The highest BCUT2D eigenvalue weighted by Crippen LogP contribution is 2.31. The molecule has 88 valence electrons. The van der Waals surface area contributed by atoms with E-state index in [-0.39, 0.29) is 0 Å². The number of hydrazine groups is 1. The van der Waals surface area contributed by atoms with Gasteiger partial charge in [0.25, 0.3) is 0 Å². The maximum Gasteiger partial charge on any atom is 0.239 e. The predicted molar refractivity (Wildman–Crippen MR) is 65.2 cm³/mol. The van der Waals surface area contributed by atoms with E-state index in [1.54, 1.807) is 0 Å². The number of nitrogens with two attached hydrogens (primary N) is 1. The molecule has 5 nitrogen and oxygen atoms in total. The predicted octanol–water partition coefficient (Wildman–Crippen LogP) is 1.31. The lowest BCUT2D eigenvalue weighted by Crippen LogP contribution is -2.27. The van der Waals surface area contributed by atoms with Crippen LogP contribution in [0.15, 0.2) is 6.07 Å². The second-order valence-electron chi connectivity index (χ2n) is 4.32. The number of anilines is 2. The summed E-state index contributed by atoms with van der Waals surface area (Å²) in [7, 11) is 0. The highest BCUT2D eigenvalue weighted by atomic mass is 15.3. The molecule has 1 aliphatic carbocycles. The summed E-state index contributed by atoms with van der Waals surface area (Å²) in [6.45, 7) is 6.17. The van der Waals surface area contributed by atoms with Crippen molar-refractivity contribution in [2.24, 2.45) is 11.8 Å². The Labute approximate surface area is 96.0 Å². The van der Waals surface area contributed by atoms with Gasteiger partial charge in [-0.15, -0.1) is 0 Å². The van der Waals surface area contributed by atoms with Gasteiger partial charge in [-0.05, 0) is 32.6 Å². The van der Waals surface area contributed by atoms with Gasteiger partial charge >= 0.3 is 0 Å². The second kappa shape index (κ2) is 4.65. The van der Waals surface area contributed by atoms with Gasteiger partial charge in [0.1, 0.15) is 5.82 Å². The first-order valence-corrected chi connectivity index (χ1v) is 5.80. The van der Waals surface area contributed by atoms with Crippen LogP contribution in [0.25, 0.3) is 0 Å². The Hall–Kier alpha value is -1.36. The minimum absolute atomic E-state index is 0.490. The van der Waals surface area contributed by atoms with E-state index in [9.17, 15) is 0 Å². The monoisotopic (exact) mass is 221 g/mol. The minimum atomic E-state index is 0.490. The summed E-state index contributed by atoms with van der Waals surface area (Å²) in [6.07, 6.45) is 2.70. The molecule has 0 bridgehead atoms. The molecule has 16 heavy (non-hydrogen) atoms. The van der Waals surface area contributed by atoms with Crippen molar-refractivity contribution in [3.63, 3.8) is 0 Å². The molecule has 0 aromatic carbocycles. The zero-order chi connectivity index (χ0) is 11.5. The molecule has 3 N–H and O–H groups in total. The van der Waals surface area contributed by atoms with E-state index in [0.29, 0.717) is 5.95 Å². The molecular weight excluding hydrogens is 202 g/mol. The Morgan fingerprint density at radius 1 is 1.50 bits per heavy atom. The van der Waals surface area contributed by atoms with Crippen LogP contribution in [0.2, 0.25) is 0 Å². The number of rotatable bonds is 5. The number of nitrogens with zero attached hydrogens (tertiary/aromatic N) is 3. The van der Waals surface area contributed by atoms with E-state index in [1.807, 2.05) is 13.0 Å². The van der Waals surface area contributed by atoms with E-state index >= 15 is 0 Å². The van der Waals surface area contributed by atoms with Crippen molar-refractivity contribution in [2.75, 3.05) is 23.4 Å². The molecule has 1 aliphatic rings. The van der Waals surface area contributed by atoms with E-state index in [4.69, 9.17) is 5.84 Å². The molecule has 1 heterocycles. The van der Waals surface area contributed by atoms with E-state index in [1.165, 1.54) is 12.8 Å². The lowest BCUT2D eigenvalue weighted by atomic mass is 10.3. The first kappa shape index (κ1) is 11.1. The molecule has 1 fully saturated rings. The fourth-order valence-electron chi connectivity index (χ4n) is 1.78. The number of hydrogen-bond acceptors (Lipinski definition) is 5. The summed E-state index contributed by atoms with van der Waals surface area (Å²) in [5, 5.41) is 0. The van der Waals surface area contributed by atoms with Crippen LogP contribution >= 0.6 is 0 Å². The number of nitrogens with one attached hydrogen (secondary N) is 1. The first-order chi connectivity index (χ1) is 7.72. The smallest absolute Gasteiger partial charge is 0.239 e. The van der Waals surface area contributed by atoms with Crippen LogP contribution in [-0.2, 0) is 0 Å². The van der Waals surface area contributed by atoms with Gasteiger partial charge in [-0.25, -0.2) is 10.8 Å². The highest BCUT2D eigenvalue weighted by molar-refractivity contribution is 5.44. The third-order valence-corrected chi connectivity index (χ3v) is 2.85. The third kappa shape index (κ3) is 2.61. The molecule has 2 rings (SSSR count). The van der Waals surface area contributed by atoms with Crippen molar-refractivity contribution in [1.29, 1.82) is 0 Å². The average molecular weight is 221 g/mol. The lowest BCUT2D eigenvalue weighted by molar-refractivity contribution is 0.730. The van der Waals surface area contributed by atoms with E-state index in [2.05, 4.69) is 27.2 Å². The van der Waals surface area contributed by atoms with E-state index in [0.717, 1.165) is 30.5 Å². The minimum Gasteiger partial charge on any atom is -0.356 e. The highest BCUT2D eigenvalue weighted by Gasteiger charge is 2.24. The van der Waals surface area contributed by atoms with Gasteiger partial charge in [0.15, 0.2) is 0 Å². The third-order valence-electron chi connectivity index (χ3n) is 2.85. The molecule has 0 aliphatic heterocycles. The van der Waals surface area contributed by atoms with Gasteiger partial charge in [-0.2, -0.15) is 4.98 Å². The topological polar surface area (TPSA) is 67.1 Å². The number of hydrogen-bond donors (Lipinski definition) is 2. The molecule has 0 atom stereocenters. The van der Waals surface area contributed by atoms with Crippen LogP contribution in [0.1, 0.15) is 25.5 Å². The van der Waals surface area contributed by atoms with Crippen LogP contribution in [0.5, 0.6) is 0 Å². The van der Waals surface area contributed by atoms with Crippen molar-refractivity contribution < 1.29 is 0 Å². The number of nitrogen functional groups attached to an aromatic ring is 1. The summed E-state index contributed by atoms with van der Waals surface area (Å²) in [4.78, 5) is 10.9. The van der Waals surface area contributed by atoms with Gasteiger partial charge in [-0.1, -0.05) is 0 Å². The van der Waals surface area contributed by atoms with E-state index < -0.39 is 0 Å². The summed E-state index contributed by atoms with van der Waals surface area (Å²) >= 11 is 0. The lowest BCUT2D eigenvalue weighted by Gasteiger charge is -2.22. The Morgan fingerprint density at radius 3 is 2.81 bits per heavy atom. The summed E-state index contributed by atoms with van der Waals surface area (Å²) in [5.74, 6) is 7.66. The molecular formula is C11H19N5. The second-order valence-corrected chi connectivity index (χ2v) is 4.32. The molecule has 0 radical (unpaired) electrons. The largest absolute Gasteiger partial charge is 0.356 e. The molecule has 1 saturated carbocycles. The summed E-state index contributed by atoms with van der Waals surface area (Å²) in [6, 6.07) is 2.01. The SMILES string of the molecule is CCN(CC1CC1)c1cc(C)nc(NN)n1. The maximum atomic E-state index is 5.35. The van der Waals surface area contributed by atoms with Crippen LogP contribution in [-0.4, -0.2) is 23.1 Å². The van der Waals surface area contributed by atoms with Gasteiger partial charge in [-0.3, -0.25) is 5.43 Å². The Kier molecular flexibility index (Phi) is 3.24. The average Bonchev–Trinajstić information content (AvgIpc) is 3.08. The van der Waals surface area contributed by atoms with Crippen molar-refractivity contribution in [2.45, 2.75) is 26.7 Å². The number of aromatic nitrogens is 2. The standard InChI is InChI=1S/C11H19N5/c1-3-16(7-9-4-5-9)10-6-8(2)13-11(14-10)15-12/h6,9H,3-5,7,12H2,1-2H3,(H,13,14,15). The fraction of sp³-hybridized carbons (Fsp3) is 0.636. The molecule has 0 spiro atoms. The van der Waals surface area contributed by atoms with Gasteiger partial charge in [0.2, 0.25) is 5.95 Å².